The first-order chi connectivity index (χ1) is 7.91. The average Bonchev–Trinajstić information content (AvgIpc) is 2.54. The first-order valence-electron chi connectivity index (χ1n) is 5.58. The molecule has 0 saturated heterocycles. The number of nitrogens with one attached hydrogen (secondary N) is 1. The van der Waals surface area contributed by atoms with Gasteiger partial charge in [-0.05, 0) is 13.3 Å². The third kappa shape index (κ3) is 4.02. The van der Waals surface area contributed by atoms with Crippen LogP contribution in [0.4, 0.5) is 0 Å². The lowest BCUT2D eigenvalue weighted by atomic mass is 10.2. The monoisotopic (exact) mass is 259 g/mol. The highest BCUT2D eigenvalue weighted by molar-refractivity contribution is 6.31. The molecule has 5 nitrogen and oxygen atoms in total. The molecule has 1 aromatic rings. The van der Waals surface area contributed by atoms with Crippen LogP contribution in [0.1, 0.15) is 26.0 Å². The number of hydrogen-bond donors (Lipinski definition) is 2. The summed E-state index contributed by atoms with van der Waals surface area (Å²) in [4.78, 5) is 11.0. The molecule has 1 atom stereocenters. The van der Waals surface area contributed by atoms with Crippen LogP contribution in [-0.4, -0.2) is 32.9 Å². The normalized spacial score (nSPS) is 13.0. The number of aryl methyl sites for hydroxylation is 1. The van der Waals surface area contributed by atoms with E-state index in [-0.39, 0.29) is 6.04 Å². The predicted octanol–water partition coefficient (Wildman–Crippen LogP) is 1.69. The van der Waals surface area contributed by atoms with Crippen molar-refractivity contribution in [2.24, 2.45) is 0 Å². The molecule has 2 N–H and O–H groups in total. The molecular weight excluding hydrogens is 242 g/mol. The number of nitrogens with zero attached hydrogens (tertiary/aromatic N) is 2. The summed E-state index contributed by atoms with van der Waals surface area (Å²) >= 11 is 5.88. The lowest BCUT2D eigenvalue weighted by Crippen LogP contribution is -2.41. The summed E-state index contributed by atoms with van der Waals surface area (Å²) < 4.78 is 1.72. The largest absolute Gasteiger partial charge is 0.480 e. The molecular formula is C11H18ClN3O2. The molecule has 0 aliphatic carbocycles. The van der Waals surface area contributed by atoms with Gasteiger partial charge in [0.05, 0.1) is 16.9 Å². The zero-order valence-electron chi connectivity index (χ0n) is 10.3. The molecule has 96 valence electrons. The molecule has 0 bridgehead atoms. The third-order valence-electron chi connectivity index (χ3n) is 2.51. The van der Waals surface area contributed by atoms with E-state index in [1.807, 2.05) is 20.8 Å². The summed E-state index contributed by atoms with van der Waals surface area (Å²) in [5.41, 5.74) is 0.861. The second-order valence-corrected chi connectivity index (χ2v) is 4.71. The fourth-order valence-electron chi connectivity index (χ4n) is 1.58. The van der Waals surface area contributed by atoms with E-state index in [2.05, 4.69) is 10.4 Å². The van der Waals surface area contributed by atoms with Gasteiger partial charge in [0.15, 0.2) is 0 Å². The molecule has 0 aliphatic heterocycles. The quantitative estimate of drug-likeness (QED) is 0.816. The first kappa shape index (κ1) is 14.0. The number of carboxylic acid groups (broad SMARTS) is 1. The van der Waals surface area contributed by atoms with E-state index in [0.717, 1.165) is 5.69 Å². The minimum atomic E-state index is -0.838. The van der Waals surface area contributed by atoms with Crippen molar-refractivity contribution in [1.29, 1.82) is 0 Å². The van der Waals surface area contributed by atoms with Crippen LogP contribution in [0.25, 0.3) is 0 Å². The van der Waals surface area contributed by atoms with Crippen LogP contribution in [0.15, 0.2) is 6.20 Å². The summed E-state index contributed by atoms with van der Waals surface area (Å²) in [7, 11) is 0. The second-order valence-electron chi connectivity index (χ2n) is 4.30. The fraction of sp³-hybridized carbons (Fsp3) is 0.636. The highest BCUT2D eigenvalue weighted by Gasteiger charge is 2.18. The van der Waals surface area contributed by atoms with Gasteiger partial charge in [-0.25, -0.2) is 0 Å². The Morgan fingerprint density at radius 3 is 2.71 bits per heavy atom. The van der Waals surface area contributed by atoms with Crippen LogP contribution < -0.4 is 5.32 Å². The minimum Gasteiger partial charge on any atom is -0.480 e. The molecule has 17 heavy (non-hydrogen) atoms. The van der Waals surface area contributed by atoms with Crippen molar-refractivity contribution in [2.45, 2.75) is 45.8 Å². The summed E-state index contributed by atoms with van der Waals surface area (Å²) in [5.74, 6) is -0.838. The smallest absolute Gasteiger partial charge is 0.320 e. The predicted molar refractivity (Wildman–Crippen MR) is 66.3 cm³/mol. The van der Waals surface area contributed by atoms with Gasteiger partial charge in [-0.3, -0.25) is 9.48 Å². The third-order valence-corrected chi connectivity index (χ3v) is 2.88. The molecule has 0 amide bonds. The maximum Gasteiger partial charge on any atom is 0.320 e. The maximum atomic E-state index is 11.0. The van der Waals surface area contributed by atoms with E-state index in [1.54, 1.807) is 10.9 Å². The van der Waals surface area contributed by atoms with Crippen molar-refractivity contribution < 1.29 is 9.90 Å². The Labute approximate surface area is 106 Å². The number of carbonyl (C=O) groups is 1. The van der Waals surface area contributed by atoms with Gasteiger partial charge in [-0.2, -0.15) is 5.10 Å². The van der Waals surface area contributed by atoms with Crippen LogP contribution in [0.3, 0.4) is 0 Å². The Balaban J connectivity index is 2.58. The van der Waals surface area contributed by atoms with Crippen molar-refractivity contribution in [2.75, 3.05) is 0 Å². The summed E-state index contributed by atoms with van der Waals surface area (Å²) in [6.07, 6.45) is 2.05. The lowest BCUT2D eigenvalue weighted by Gasteiger charge is -2.17. The molecule has 6 heteroatoms. The van der Waals surface area contributed by atoms with Crippen molar-refractivity contribution >= 4 is 17.6 Å². The van der Waals surface area contributed by atoms with Gasteiger partial charge >= 0.3 is 5.97 Å². The van der Waals surface area contributed by atoms with Crippen LogP contribution in [-0.2, 0) is 11.3 Å². The maximum absolute atomic E-state index is 11.0. The van der Waals surface area contributed by atoms with Gasteiger partial charge in [-0.1, -0.05) is 25.4 Å². The molecule has 0 saturated carbocycles. The summed E-state index contributed by atoms with van der Waals surface area (Å²) in [6, 6.07) is -0.421. The number of rotatable bonds is 6. The van der Waals surface area contributed by atoms with Crippen LogP contribution in [0.2, 0.25) is 5.02 Å². The Kier molecular flexibility index (Phi) is 4.96. The minimum absolute atomic E-state index is 0.137. The first-order valence-corrected chi connectivity index (χ1v) is 5.96. The van der Waals surface area contributed by atoms with E-state index < -0.39 is 12.0 Å². The summed E-state index contributed by atoms with van der Waals surface area (Å²) in [6.45, 7) is 6.24. The molecule has 0 aliphatic rings. The van der Waals surface area contributed by atoms with Crippen LogP contribution in [0, 0.1) is 6.92 Å². The number of hydrogen-bond acceptors (Lipinski definition) is 3. The number of aromatic nitrogens is 2. The van der Waals surface area contributed by atoms with Crippen molar-refractivity contribution in [3.63, 3.8) is 0 Å². The van der Waals surface area contributed by atoms with E-state index in [1.165, 1.54) is 0 Å². The molecule has 1 rings (SSSR count). The van der Waals surface area contributed by atoms with Crippen molar-refractivity contribution in [3.05, 3.63) is 16.9 Å². The zero-order chi connectivity index (χ0) is 13.0. The molecule has 1 heterocycles. The molecule has 0 spiro atoms. The summed E-state index contributed by atoms with van der Waals surface area (Å²) in [5, 5.41) is 16.8. The zero-order valence-corrected chi connectivity index (χ0v) is 11.0. The second kappa shape index (κ2) is 6.02. The lowest BCUT2D eigenvalue weighted by molar-refractivity contribution is -0.139. The van der Waals surface area contributed by atoms with Gasteiger partial charge in [-0.15, -0.1) is 0 Å². The van der Waals surface area contributed by atoms with Crippen LogP contribution in [0.5, 0.6) is 0 Å². The fourth-order valence-corrected chi connectivity index (χ4v) is 1.72. The number of aliphatic carboxylic acids is 1. The van der Waals surface area contributed by atoms with E-state index in [9.17, 15) is 4.79 Å². The standard InChI is InChI=1S/C11H18ClN3O2/c1-7(2)14-10(11(16)17)4-5-15-8(3)9(12)6-13-15/h6-7,10,14H,4-5H2,1-3H3,(H,16,17). The average molecular weight is 260 g/mol. The highest BCUT2D eigenvalue weighted by atomic mass is 35.5. The highest BCUT2D eigenvalue weighted by Crippen LogP contribution is 2.13. The number of halogens is 1. The van der Waals surface area contributed by atoms with Crippen molar-refractivity contribution in [1.82, 2.24) is 15.1 Å². The molecule has 1 unspecified atom stereocenters. The molecule has 0 fully saturated rings. The number of carboxylic acids is 1. The Bertz CT molecular complexity index is 390. The van der Waals surface area contributed by atoms with Gasteiger partial charge in [0.1, 0.15) is 6.04 Å². The van der Waals surface area contributed by atoms with E-state index in [4.69, 9.17) is 16.7 Å². The van der Waals surface area contributed by atoms with E-state index >= 15 is 0 Å². The topological polar surface area (TPSA) is 67.2 Å². The SMILES string of the molecule is Cc1c(Cl)cnn1CCC(NC(C)C)C(=O)O. The Hall–Kier alpha value is -1.07. The van der Waals surface area contributed by atoms with Gasteiger partial charge in [0.25, 0.3) is 0 Å². The Morgan fingerprint density at radius 2 is 2.29 bits per heavy atom. The van der Waals surface area contributed by atoms with E-state index in [0.29, 0.717) is 18.0 Å². The molecule has 0 aromatic carbocycles. The molecule has 0 radical (unpaired) electrons. The van der Waals surface area contributed by atoms with Crippen LogP contribution >= 0.6 is 11.6 Å². The van der Waals surface area contributed by atoms with Gasteiger partial charge < -0.3 is 10.4 Å². The van der Waals surface area contributed by atoms with Crippen molar-refractivity contribution in [3.8, 4) is 0 Å². The van der Waals surface area contributed by atoms with Gasteiger partial charge in [0.2, 0.25) is 0 Å². The van der Waals surface area contributed by atoms with Gasteiger partial charge in [0, 0.05) is 12.6 Å². The molecule has 1 aromatic heterocycles. The Morgan fingerprint density at radius 1 is 1.65 bits per heavy atom.